The summed E-state index contributed by atoms with van der Waals surface area (Å²) >= 11 is 1.62. The number of hydrogen-bond acceptors (Lipinski definition) is 5. The zero-order valence-corrected chi connectivity index (χ0v) is 17.6. The summed E-state index contributed by atoms with van der Waals surface area (Å²) in [7, 11) is 0. The van der Waals surface area contributed by atoms with Crippen LogP contribution in [0.15, 0.2) is 45.0 Å². The van der Waals surface area contributed by atoms with Crippen LogP contribution in [0.4, 0.5) is 0 Å². The first kappa shape index (κ1) is 18.7. The highest BCUT2D eigenvalue weighted by molar-refractivity contribution is 7.18. The van der Waals surface area contributed by atoms with E-state index in [1.807, 2.05) is 37.3 Å². The van der Waals surface area contributed by atoms with Crippen LogP contribution in [0.1, 0.15) is 40.4 Å². The summed E-state index contributed by atoms with van der Waals surface area (Å²) in [5.41, 5.74) is 2.59. The number of nitrogens with zero attached hydrogens (tertiary/aromatic N) is 4. The molecule has 0 spiro atoms. The number of H-pyrrole nitrogens is 1. The Morgan fingerprint density at radius 2 is 1.87 bits per heavy atom. The lowest BCUT2D eigenvalue weighted by Crippen LogP contribution is -2.22. The Labute approximate surface area is 176 Å². The van der Waals surface area contributed by atoms with E-state index >= 15 is 0 Å². The van der Waals surface area contributed by atoms with Crippen LogP contribution in [0.3, 0.4) is 0 Å². The normalized spacial score (nSPS) is 13.9. The molecule has 7 nitrogen and oxygen atoms in total. The van der Waals surface area contributed by atoms with E-state index in [9.17, 15) is 9.59 Å². The highest BCUT2D eigenvalue weighted by atomic mass is 32.1. The molecule has 0 radical (unpaired) electrons. The average Bonchev–Trinajstić information content (AvgIpc) is 3.25. The first-order valence-corrected chi connectivity index (χ1v) is 10.8. The number of rotatable bonds is 3. The van der Waals surface area contributed by atoms with Crippen molar-refractivity contribution in [3.8, 4) is 5.69 Å². The number of aromatic amines is 1. The van der Waals surface area contributed by atoms with Crippen LogP contribution in [-0.4, -0.2) is 25.7 Å². The first-order valence-electron chi connectivity index (χ1n) is 10.00. The van der Waals surface area contributed by atoms with E-state index in [-0.39, 0.29) is 11.1 Å². The minimum Gasteiger partial charge on any atom is -0.295 e. The maximum absolute atomic E-state index is 13.2. The van der Waals surface area contributed by atoms with Gasteiger partial charge in [0, 0.05) is 10.6 Å². The molecule has 0 amide bonds. The summed E-state index contributed by atoms with van der Waals surface area (Å²) in [5.74, 6) is 0.513. The molecule has 3 heterocycles. The van der Waals surface area contributed by atoms with Crippen LogP contribution in [-0.2, 0) is 12.8 Å². The molecule has 4 aromatic rings. The van der Waals surface area contributed by atoms with Gasteiger partial charge in [-0.3, -0.25) is 14.7 Å². The van der Waals surface area contributed by atoms with Gasteiger partial charge in [0.2, 0.25) is 0 Å². The van der Waals surface area contributed by atoms with Gasteiger partial charge in [0.1, 0.15) is 10.7 Å². The minimum absolute atomic E-state index is 0.162. The molecule has 0 atom stereocenters. The SMILES string of the molecule is Cc1[nH]n(-c2ccccc2)c(=O)c1/C=N\n1c(C)nc2sc3c(c2c1=O)CCCC3. The molecule has 0 saturated heterocycles. The third kappa shape index (κ3) is 2.95. The topological polar surface area (TPSA) is 85.0 Å². The Morgan fingerprint density at radius 1 is 1.10 bits per heavy atom. The van der Waals surface area contributed by atoms with Gasteiger partial charge < -0.3 is 0 Å². The fourth-order valence-electron chi connectivity index (χ4n) is 4.02. The molecule has 1 aliphatic rings. The number of aromatic nitrogens is 4. The lowest BCUT2D eigenvalue weighted by molar-refractivity contribution is 0.698. The molecule has 5 rings (SSSR count). The predicted octanol–water partition coefficient (Wildman–Crippen LogP) is 3.31. The molecular formula is C22H21N5O2S. The summed E-state index contributed by atoms with van der Waals surface area (Å²) in [5, 5.41) is 8.13. The van der Waals surface area contributed by atoms with Gasteiger partial charge in [0.05, 0.1) is 22.9 Å². The van der Waals surface area contributed by atoms with Crippen LogP contribution < -0.4 is 11.1 Å². The van der Waals surface area contributed by atoms with Crippen LogP contribution >= 0.6 is 11.3 Å². The van der Waals surface area contributed by atoms with Gasteiger partial charge in [-0.05, 0) is 57.2 Å². The third-order valence-corrected chi connectivity index (χ3v) is 6.75. The number of fused-ring (bicyclic) bond motifs is 3. The Morgan fingerprint density at radius 3 is 2.67 bits per heavy atom. The average molecular weight is 420 g/mol. The molecule has 0 saturated carbocycles. The fraction of sp³-hybridized carbons (Fsp3) is 0.273. The van der Waals surface area contributed by atoms with Crippen molar-refractivity contribution in [2.75, 3.05) is 0 Å². The van der Waals surface area contributed by atoms with Crippen molar-refractivity contribution in [2.24, 2.45) is 5.10 Å². The molecule has 0 unspecified atom stereocenters. The predicted molar refractivity (Wildman–Crippen MR) is 119 cm³/mol. The summed E-state index contributed by atoms with van der Waals surface area (Å²) in [6.07, 6.45) is 5.63. The molecule has 1 aromatic carbocycles. The molecule has 152 valence electrons. The summed E-state index contributed by atoms with van der Waals surface area (Å²) in [6, 6.07) is 9.34. The van der Waals surface area contributed by atoms with E-state index < -0.39 is 0 Å². The van der Waals surface area contributed by atoms with Gasteiger partial charge in [-0.2, -0.15) is 9.78 Å². The molecule has 1 N–H and O–H groups in total. The van der Waals surface area contributed by atoms with E-state index in [0.717, 1.165) is 41.8 Å². The smallest absolute Gasteiger partial charge is 0.283 e. The number of hydrogen-bond donors (Lipinski definition) is 1. The van der Waals surface area contributed by atoms with E-state index in [2.05, 4.69) is 15.2 Å². The molecule has 0 aliphatic heterocycles. The zero-order chi connectivity index (χ0) is 20.8. The van der Waals surface area contributed by atoms with Crippen molar-refractivity contribution in [1.29, 1.82) is 0 Å². The van der Waals surface area contributed by atoms with E-state index in [4.69, 9.17) is 0 Å². The Kier molecular flexibility index (Phi) is 4.51. The quantitative estimate of drug-likeness (QED) is 0.517. The lowest BCUT2D eigenvalue weighted by Gasteiger charge is -2.10. The maximum atomic E-state index is 13.2. The van der Waals surface area contributed by atoms with Crippen molar-refractivity contribution in [2.45, 2.75) is 39.5 Å². The number of benzene rings is 1. The third-order valence-electron chi connectivity index (χ3n) is 5.56. The molecule has 0 fully saturated rings. The largest absolute Gasteiger partial charge is 0.295 e. The van der Waals surface area contributed by atoms with Gasteiger partial charge in [-0.25, -0.2) is 9.67 Å². The molecule has 1 aliphatic carbocycles. The second-order valence-electron chi connectivity index (χ2n) is 7.54. The lowest BCUT2D eigenvalue weighted by atomic mass is 9.97. The second-order valence-corrected chi connectivity index (χ2v) is 8.62. The van der Waals surface area contributed by atoms with Crippen LogP contribution in [0.2, 0.25) is 0 Å². The van der Waals surface area contributed by atoms with Crippen molar-refractivity contribution in [3.63, 3.8) is 0 Å². The van der Waals surface area contributed by atoms with Gasteiger partial charge in [-0.1, -0.05) is 18.2 Å². The van der Waals surface area contributed by atoms with Crippen molar-refractivity contribution >= 4 is 27.8 Å². The van der Waals surface area contributed by atoms with E-state index in [0.29, 0.717) is 22.5 Å². The molecular weight excluding hydrogens is 398 g/mol. The van der Waals surface area contributed by atoms with E-state index in [1.165, 1.54) is 20.4 Å². The molecule has 8 heteroatoms. The zero-order valence-electron chi connectivity index (χ0n) is 16.8. The highest BCUT2D eigenvalue weighted by Crippen LogP contribution is 2.33. The van der Waals surface area contributed by atoms with Crippen molar-refractivity contribution in [1.82, 2.24) is 19.4 Å². The number of para-hydroxylation sites is 1. The summed E-state index contributed by atoms with van der Waals surface area (Å²) in [4.78, 5) is 32.8. The van der Waals surface area contributed by atoms with Gasteiger partial charge in [-0.15, -0.1) is 11.3 Å². The monoisotopic (exact) mass is 419 g/mol. The Hall–Kier alpha value is -3.26. The standard InChI is InChI=1S/C22H21N5O2S/c1-13-17(21(28)27(25-13)15-8-4-3-5-9-15)12-23-26-14(2)24-20-19(22(26)29)16-10-6-7-11-18(16)30-20/h3-5,8-9,12,25H,6-7,10-11H2,1-2H3/b23-12-. The maximum Gasteiger partial charge on any atom is 0.283 e. The fourth-order valence-corrected chi connectivity index (χ4v) is 5.32. The Balaban J connectivity index is 1.61. The number of thiophene rings is 1. The number of aryl methyl sites for hydroxylation is 4. The van der Waals surface area contributed by atoms with Gasteiger partial charge >= 0.3 is 0 Å². The minimum atomic E-state index is -0.213. The molecule has 3 aromatic heterocycles. The van der Waals surface area contributed by atoms with Gasteiger partial charge in [0.15, 0.2) is 0 Å². The molecule has 30 heavy (non-hydrogen) atoms. The van der Waals surface area contributed by atoms with Crippen molar-refractivity contribution in [3.05, 3.63) is 78.6 Å². The first-order chi connectivity index (χ1) is 14.5. The number of nitrogens with one attached hydrogen (secondary N) is 1. The van der Waals surface area contributed by atoms with Gasteiger partial charge in [0.25, 0.3) is 11.1 Å². The van der Waals surface area contributed by atoms with Crippen LogP contribution in [0, 0.1) is 13.8 Å². The second kappa shape index (κ2) is 7.21. The Bertz CT molecular complexity index is 1410. The van der Waals surface area contributed by atoms with Crippen LogP contribution in [0.25, 0.3) is 15.9 Å². The van der Waals surface area contributed by atoms with Crippen LogP contribution in [0.5, 0.6) is 0 Å². The highest BCUT2D eigenvalue weighted by Gasteiger charge is 2.21. The summed E-state index contributed by atoms with van der Waals surface area (Å²) < 4.78 is 2.78. The molecule has 0 bridgehead atoms. The van der Waals surface area contributed by atoms with E-state index in [1.54, 1.807) is 18.3 Å². The van der Waals surface area contributed by atoms with Crippen molar-refractivity contribution < 1.29 is 0 Å². The summed E-state index contributed by atoms with van der Waals surface area (Å²) in [6.45, 7) is 3.58.